The average Bonchev–Trinajstić information content (AvgIpc) is 2.71. The van der Waals surface area contributed by atoms with E-state index in [9.17, 15) is 9.90 Å². The van der Waals surface area contributed by atoms with E-state index in [1.54, 1.807) is 6.21 Å². The zero-order valence-corrected chi connectivity index (χ0v) is 20.0. The van der Waals surface area contributed by atoms with Gasteiger partial charge in [-0.05, 0) is 44.7 Å². The molecule has 3 aromatic carbocycles. The lowest BCUT2D eigenvalue weighted by atomic mass is 9.78. The van der Waals surface area contributed by atoms with E-state index in [4.69, 9.17) is 0 Å². The van der Waals surface area contributed by atoms with Crippen LogP contribution in [-0.4, -0.2) is 17.2 Å². The Hall–Kier alpha value is -3.14. The van der Waals surface area contributed by atoms with Gasteiger partial charge >= 0.3 is 0 Å². The molecule has 0 heterocycles. The number of hydrazone groups is 1. The number of hydrogen-bond acceptors (Lipinski definition) is 3. The van der Waals surface area contributed by atoms with Crippen LogP contribution in [0.5, 0.6) is 5.75 Å². The van der Waals surface area contributed by atoms with Gasteiger partial charge in [-0.3, -0.25) is 4.79 Å². The lowest BCUT2D eigenvalue weighted by molar-refractivity contribution is -0.121. The minimum Gasteiger partial charge on any atom is -0.507 e. The molecule has 0 bridgehead atoms. The Bertz CT molecular complexity index is 1110. The molecule has 0 saturated carbocycles. The monoisotopic (exact) mass is 430 g/mol. The maximum atomic E-state index is 12.4. The van der Waals surface area contributed by atoms with Crippen molar-refractivity contribution in [2.45, 2.75) is 65.2 Å². The van der Waals surface area contributed by atoms with E-state index in [1.807, 2.05) is 42.5 Å². The van der Waals surface area contributed by atoms with E-state index >= 15 is 0 Å². The summed E-state index contributed by atoms with van der Waals surface area (Å²) in [4.78, 5) is 12.4. The number of nitrogens with one attached hydrogen (secondary N) is 1. The summed E-state index contributed by atoms with van der Waals surface area (Å²) in [6.45, 7) is 12.5. The Morgan fingerprint density at radius 1 is 0.938 bits per heavy atom. The standard InChI is InChI=1S/C28H34N2O2/c1-27(2,3)23-16-19(17-24(26(23)32)28(4,5)6)14-15-25(31)30-29-18-21-12-9-11-20-10-7-8-13-22(20)21/h7-13,16-18,32H,14-15H2,1-6H3,(H,30,31)/b29-18-. The van der Waals surface area contributed by atoms with Gasteiger partial charge in [0.15, 0.2) is 0 Å². The lowest BCUT2D eigenvalue weighted by Gasteiger charge is -2.28. The van der Waals surface area contributed by atoms with E-state index in [2.05, 4.69) is 64.2 Å². The molecule has 4 nitrogen and oxygen atoms in total. The van der Waals surface area contributed by atoms with Crippen LogP contribution in [0.4, 0.5) is 0 Å². The number of phenols is 1. The number of carbonyl (C=O) groups is 1. The number of fused-ring (bicyclic) bond motifs is 1. The van der Waals surface area contributed by atoms with Crippen molar-refractivity contribution in [2.75, 3.05) is 0 Å². The minimum atomic E-state index is -0.189. The van der Waals surface area contributed by atoms with Crippen LogP contribution in [0, 0.1) is 0 Å². The maximum absolute atomic E-state index is 12.4. The van der Waals surface area contributed by atoms with Crippen molar-refractivity contribution in [3.8, 4) is 5.75 Å². The van der Waals surface area contributed by atoms with E-state index in [0.29, 0.717) is 18.6 Å². The number of amides is 1. The first-order chi connectivity index (χ1) is 15.0. The lowest BCUT2D eigenvalue weighted by Crippen LogP contribution is -2.20. The molecule has 3 rings (SSSR count). The fraction of sp³-hybridized carbons (Fsp3) is 0.357. The molecule has 0 radical (unpaired) electrons. The number of nitrogens with zero attached hydrogens (tertiary/aromatic N) is 1. The number of aromatic hydroxyl groups is 1. The van der Waals surface area contributed by atoms with E-state index in [0.717, 1.165) is 33.0 Å². The minimum absolute atomic E-state index is 0.135. The number of carbonyl (C=O) groups excluding carboxylic acids is 1. The smallest absolute Gasteiger partial charge is 0.240 e. The fourth-order valence-electron chi connectivity index (χ4n) is 3.83. The largest absolute Gasteiger partial charge is 0.507 e. The molecule has 4 heteroatoms. The van der Waals surface area contributed by atoms with Crippen molar-refractivity contribution >= 4 is 22.9 Å². The first-order valence-electron chi connectivity index (χ1n) is 11.1. The second-order valence-electron chi connectivity index (χ2n) is 10.4. The summed E-state index contributed by atoms with van der Waals surface area (Å²) >= 11 is 0. The molecule has 0 aromatic heterocycles. The molecule has 0 atom stereocenters. The van der Waals surface area contributed by atoms with Gasteiger partial charge in [0.2, 0.25) is 5.91 Å². The highest BCUT2D eigenvalue weighted by Gasteiger charge is 2.26. The van der Waals surface area contributed by atoms with Gasteiger partial charge in [-0.15, -0.1) is 0 Å². The number of aryl methyl sites for hydroxylation is 1. The molecule has 0 spiro atoms. The molecule has 1 amide bonds. The number of benzene rings is 3. The quantitative estimate of drug-likeness (QED) is 0.373. The van der Waals surface area contributed by atoms with Crippen molar-refractivity contribution in [1.29, 1.82) is 0 Å². The fourth-order valence-corrected chi connectivity index (χ4v) is 3.83. The van der Waals surface area contributed by atoms with Crippen LogP contribution >= 0.6 is 0 Å². The zero-order valence-electron chi connectivity index (χ0n) is 20.0. The van der Waals surface area contributed by atoms with Crippen molar-refractivity contribution in [3.05, 3.63) is 76.9 Å². The Kier molecular flexibility index (Phi) is 6.73. The highest BCUT2D eigenvalue weighted by molar-refractivity contribution is 5.99. The third-order valence-corrected chi connectivity index (χ3v) is 5.64. The predicted molar refractivity (Wildman–Crippen MR) is 134 cm³/mol. The highest BCUT2D eigenvalue weighted by atomic mass is 16.3. The van der Waals surface area contributed by atoms with Gasteiger partial charge < -0.3 is 5.11 Å². The third kappa shape index (κ3) is 5.56. The van der Waals surface area contributed by atoms with Crippen LogP contribution in [0.2, 0.25) is 0 Å². The summed E-state index contributed by atoms with van der Waals surface area (Å²) in [6.07, 6.45) is 2.60. The summed E-state index contributed by atoms with van der Waals surface area (Å²) in [6, 6.07) is 18.2. The Morgan fingerprint density at radius 2 is 1.53 bits per heavy atom. The zero-order chi connectivity index (χ0) is 23.5. The van der Waals surface area contributed by atoms with Crippen LogP contribution in [0.15, 0.2) is 59.7 Å². The van der Waals surface area contributed by atoms with Gasteiger partial charge in [0.1, 0.15) is 5.75 Å². The molecule has 0 saturated heterocycles. The van der Waals surface area contributed by atoms with Gasteiger partial charge in [0.25, 0.3) is 0 Å². The molecule has 0 aliphatic carbocycles. The molecule has 168 valence electrons. The van der Waals surface area contributed by atoms with Crippen molar-refractivity contribution < 1.29 is 9.90 Å². The molecule has 2 N–H and O–H groups in total. The normalized spacial score (nSPS) is 12.4. The molecule has 0 aliphatic rings. The Morgan fingerprint density at radius 3 is 2.16 bits per heavy atom. The van der Waals surface area contributed by atoms with Crippen LogP contribution < -0.4 is 5.43 Å². The summed E-state index contributed by atoms with van der Waals surface area (Å²) < 4.78 is 0. The molecular formula is C28H34N2O2. The molecular weight excluding hydrogens is 396 g/mol. The number of phenolic OH excluding ortho intramolecular Hbond substituents is 1. The van der Waals surface area contributed by atoms with E-state index in [1.165, 1.54) is 0 Å². The topological polar surface area (TPSA) is 61.7 Å². The van der Waals surface area contributed by atoms with E-state index < -0.39 is 0 Å². The second-order valence-corrected chi connectivity index (χ2v) is 10.4. The first kappa shape index (κ1) is 23.5. The van der Waals surface area contributed by atoms with Crippen LogP contribution in [0.1, 0.15) is 70.2 Å². The summed E-state index contributed by atoms with van der Waals surface area (Å²) in [7, 11) is 0. The third-order valence-electron chi connectivity index (χ3n) is 5.64. The molecule has 0 fully saturated rings. The number of rotatable bonds is 5. The molecule has 3 aromatic rings. The molecule has 0 aliphatic heterocycles. The van der Waals surface area contributed by atoms with Crippen molar-refractivity contribution in [3.63, 3.8) is 0 Å². The average molecular weight is 431 g/mol. The maximum Gasteiger partial charge on any atom is 0.240 e. The van der Waals surface area contributed by atoms with E-state index in [-0.39, 0.29) is 16.7 Å². The molecule has 0 unspecified atom stereocenters. The van der Waals surface area contributed by atoms with Gasteiger partial charge in [-0.2, -0.15) is 5.10 Å². The SMILES string of the molecule is CC(C)(C)c1cc(CCC(=O)N/N=C\c2cccc3ccccc23)cc(C(C)(C)C)c1O. The van der Waals surface area contributed by atoms with Crippen LogP contribution in [-0.2, 0) is 22.0 Å². The summed E-state index contributed by atoms with van der Waals surface area (Å²) in [5, 5.41) is 17.3. The predicted octanol–water partition coefficient (Wildman–Crippen LogP) is 6.22. The van der Waals surface area contributed by atoms with Crippen LogP contribution in [0.3, 0.4) is 0 Å². The summed E-state index contributed by atoms with van der Waals surface area (Å²) in [5.41, 5.74) is 6.10. The van der Waals surface area contributed by atoms with Crippen molar-refractivity contribution in [2.24, 2.45) is 5.10 Å². The van der Waals surface area contributed by atoms with Gasteiger partial charge in [0, 0.05) is 12.0 Å². The molecule has 32 heavy (non-hydrogen) atoms. The van der Waals surface area contributed by atoms with Crippen LogP contribution in [0.25, 0.3) is 10.8 Å². The number of hydrogen-bond donors (Lipinski definition) is 2. The first-order valence-corrected chi connectivity index (χ1v) is 11.1. The van der Waals surface area contributed by atoms with Gasteiger partial charge in [-0.25, -0.2) is 5.43 Å². The second kappa shape index (κ2) is 9.15. The van der Waals surface area contributed by atoms with Gasteiger partial charge in [-0.1, -0.05) is 96.1 Å². The Labute approximate surface area is 191 Å². The highest BCUT2D eigenvalue weighted by Crippen LogP contribution is 2.40. The van der Waals surface area contributed by atoms with Gasteiger partial charge in [0.05, 0.1) is 6.21 Å². The summed E-state index contributed by atoms with van der Waals surface area (Å²) in [5.74, 6) is 0.224. The van der Waals surface area contributed by atoms with Crippen molar-refractivity contribution in [1.82, 2.24) is 5.43 Å². The Balaban J connectivity index is 1.71.